The average molecular weight is 368 g/mol. The van der Waals surface area contributed by atoms with Gasteiger partial charge in [0.2, 0.25) is 5.91 Å². The van der Waals surface area contributed by atoms with Crippen molar-refractivity contribution in [3.63, 3.8) is 0 Å². The van der Waals surface area contributed by atoms with E-state index in [-0.39, 0.29) is 12.6 Å². The first-order chi connectivity index (χ1) is 11.4. The second-order valence-electron chi connectivity index (χ2n) is 4.76. The summed E-state index contributed by atoms with van der Waals surface area (Å²) in [5.74, 6) is 0.221. The van der Waals surface area contributed by atoms with Crippen molar-refractivity contribution < 1.29 is 14.3 Å². The zero-order valence-electron chi connectivity index (χ0n) is 12.7. The molecular formula is C16H15Cl2N3O3. The monoisotopic (exact) mass is 367 g/mol. The Bertz CT molecular complexity index is 753. The molecule has 8 heteroatoms. The average Bonchev–Trinajstić information content (AvgIpc) is 2.49. The van der Waals surface area contributed by atoms with E-state index >= 15 is 0 Å². The summed E-state index contributed by atoms with van der Waals surface area (Å²) < 4.78 is 5.36. The molecular weight excluding hydrogens is 353 g/mol. The van der Waals surface area contributed by atoms with E-state index in [9.17, 15) is 9.59 Å². The first-order valence-electron chi connectivity index (χ1n) is 6.94. The lowest BCUT2D eigenvalue weighted by Crippen LogP contribution is -2.32. The normalized spacial score (nSPS) is 9.96. The minimum Gasteiger partial charge on any atom is -0.472 e. The molecule has 0 unspecified atom stereocenters. The number of ether oxygens (including phenoxy) is 1. The molecule has 0 aliphatic carbocycles. The number of nitrogens with one attached hydrogen (secondary N) is 3. The van der Waals surface area contributed by atoms with Gasteiger partial charge in [-0.1, -0.05) is 29.3 Å². The van der Waals surface area contributed by atoms with E-state index in [4.69, 9.17) is 27.9 Å². The SMILES string of the molecule is CC(=O)Nc1cccc(NC(=O)NCOc2ccc(Cl)cc2Cl)c1. The molecule has 0 aromatic heterocycles. The van der Waals surface area contributed by atoms with E-state index in [0.29, 0.717) is 27.2 Å². The second-order valence-corrected chi connectivity index (χ2v) is 5.60. The van der Waals surface area contributed by atoms with Crippen molar-refractivity contribution in [1.82, 2.24) is 5.32 Å². The van der Waals surface area contributed by atoms with Crippen LogP contribution >= 0.6 is 23.2 Å². The zero-order valence-corrected chi connectivity index (χ0v) is 14.2. The van der Waals surface area contributed by atoms with Gasteiger partial charge in [0.1, 0.15) is 5.75 Å². The number of anilines is 2. The van der Waals surface area contributed by atoms with Gasteiger partial charge in [-0.3, -0.25) is 4.79 Å². The first-order valence-corrected chi connectivity index (χ1v) is 7.70. The zero-order chi connectivity index (χ0) is 17.5. The van der Waals surface area contributed by atoms with E-state index in [1.165, 1.54) is 6.92 Å². The summed E-state index contributed by atoms with van der Waals surface area (Å²) in [6, 6.07) is 11.1. The van der Waals surface area contributed by atoms with Crippen molar-refractivity contribution in [2.24, 2.45) is 0 Å². The van der Waals surface area contributed by atoms with E-state index in [2.05, 4.69) is 16.0 Å². The number of urea groups is 1. The molecule has 2 rings (SSSR count). The van der Waals surface area contributed by atoms with Crippen LogP contribution < -0.4 is 20.7 Å². The highest BCUT2D eigenvalue weighted by Gasteiger charge is 2.05. The maximum atomic E-state index is 11.8. The number of rotatable bonds is 5. The molecule has 0 heterocycles. The molecule has 2 aromatic rings. The molecule has 0 saturated heterocycles. The van der Waals surface area contributed by atoms with E-state index in [0.717, 1.165) is 0 Å². The fourth-order valence-electron chi connectivity index (χ4n) is 1.82. The fraction of sp³-hybridized carbons (Fsp3) is 0.125. The molecule has 2 aromatic carbocycles. The molecule has 0 fully saturated rings. The van der Waals surface area contributed by atoms with Crippen LogP contribution in [0.2, 0.25) is 10.0 Å². The van der Waals surface area contributed by atoms with Gasteiger partial charge in [-0.2, -0.15) is 0 Å². The Hall–Kier alpha value is -2.44. The topological polar surface area (TPSA) is 79.5 Å². The van der Waals surface area contributed by atoms with Crippen LogP contribution in [0.25, 0.3) is 0 Å². The van der Waals surface area contributed by atoms with Crippen LogP contribution in [0.15, 0.2) is 42.5 Å². The molecule has 0 aliphatic heterocycles. The van der Waals surface area contributed by atoms with Gasteiger partial charge in [0.15, 0.2) is 6.73 Å². The number of halogens is 2. The minimum atomic E-state index is -0.458. The summed E-state index contributed by atoms with van der Waals surface area (Å²) in [4.78, 5) is 22.9. The maximum Gasteiger partial charge on any atom is 0.321 e. The van der Waals surface area contributed by atoms with Gasteiger partial charge in [0.05, 0.1) is 5.02 Å². The minimum absolute atomic E-state index is 0.0709. The van der Waals surface area contributed by atoms with Crippen LogP contribution in [0.3, 0.4) is 0 Å². The third-order valence-electron chi connectivity index (χ3n) is 2.80. The third-order valence-corrected chi connectivity index (χ3v) is 3.33. The predicted octanol–water partition coefficient (Wildman–Crippen LogP) is 4.11. The Labute approximate surface area is 149 Å². The van der Waals surface area contributed by atoms with Gasteiger partial charge in [-0.25, -0.2) is 4.79 Å². The van der Waals surface area contributed by atoms with Crippen molar-refractivity contribution in [1.29, 1.82) is 0 Å². The van der Waals surface area contributed by atoms with E-state index in [1.807, 2.05) is 0 Å². The standard InChI is InChI=1S/C16H15Cl2N3O3/c1-10(22)20-12-3-2-4-13(8-12)21-16(23)19-9-24-15-6-5-11(17)7-14(15)18/h2-8H,9H2,1H3,(H,20,22)(H2,19,21,23). The molecule has 6 nitrogen and oxygen atoms in total. The Morgan fingerprint density at radius 1 is 1.04 bits per heavy atom. The Kier molecular flexibility index (Phi) is 6.28. The lowest BCUT2D eigenvalue weighted by Gasteiger charge is -2.11. The highest BCUT2D eigenvalue weighted by molar-refractivity contribution is 6.35. The molecule has 3 amide bonds. The molecule has 0 saturated carbocycles. The number of benzene rings is 2. The Morgan fingerprint density at radius 3 is 2.42 bits per heavy atom. The van der Waals surface area contributed by atoms with Gasteiger partial charge < -0.3 is 20.7 Å². The van der Waals surface area contributed by atoms with Crippen molar-refractivity contribution in [2.45, 2.75) is 6.92 Å². The van der Waals surface area contributed by atoms with E-state index in [1.54, 1.807) is 42.5 Å². The first kappa shape index (κ1) is 17.9. The molecule has 3 N–H and O–H groups in total. The highest BCUT2D eigenvalue weighted by Crippen LogP contribution is 2.27. The van der Waals surface area contributed by atoms with E-state index < -0.39 is 6.03 Å². The van der Waals surface area contributed by atoms with Crippen LogP contribution in [-0.2, 0) is 4.79 Å². The third kappa shape index (κ3) is 5.64. The summed E-state index contributed by atoms with van der Waals surface area (Å²) in [7, 11) is 0. The largest absolute Gasteiger partial charge is 0.472 e. The number of amides is 3. The molecule has 24 heavy (non-hydrogen) atoms. The molecule has 0 radical (unpaired) electrons. The fourth-order valence-corrected chi connectivity index (χ4v) is 2.29. The number of carbonyl (C=O) groups excluding carboxylic acids is 2. The molecule has 0 bridgehead atoms. The summed E-state index contributed by atoms with van der Waals surface area (Å²) in [5, 5.41) is 8.65. The quantitative estimate of drug-likeness (QED) is 0.695. The lowest BCUT2D eigenvalue weighted by molar-refractivity contribution is -0.114. The molecule has 0 atom stereocenters. The van der Waals surface area contributed by atoms with Crippen LogP contribution in [0.1, 0.15) is 6.92 Å². The number of carbonyl (C=O) groups is 2. The summed E-state index contributed by atoms with van der Waals surface area (Å²) in [5.41, 5.74) is 1.12. The van der Waals surface area contributed by atoms with Crippen molar-refractivity contribution >= 4 is 46.5 Å². The second kappa shape index (κ2) is 8.42. The smallest absolute Gasteiger partial charge is 0.321 e. The summed E-state index contributed by atoms with van der Waals surface area (Å²) >= 11 is 11.8. The van der Waals surface area contributed by atoms with Crippen molar-refractivity contribution in [2.75, 3.05) is 17.4 Å². The Balaban J connectivity index is 1.84. The summed E-state index contributed by atoms with van der Waals surface area (Å²) in [6.45, 7) is 1.34. The van der Waals surface area contributed by atoms with Gasteiger partial charge >= 0.3 is 6.03 Å². The molecule has 0 aliphatic rings. The van der Waals surface area contributed by atoms with Gasteiger partial charge in [0.25, 0.3) is 0 Å². The van der Waals surface area contributed by atoms with Crippen molar-refractivity contribution in [3.05, 3.63) is 52.5 Å². The number of hydrogen-bond acceptors (Lipinski definition) is 3. The van der Waals surface area contributed by atoms with Gasteiger partial charge in [0, 0.05) is 23.3 Å². The lowest BCUT2D eigenvalue weighted by atomic mass is 10.3. The maximum absolute atomic E-state index is 11.8. The molecule has 0 spiro atoms. The molecule has 126 valence electrons. The highest BCUT2D eigenvalue weighted by atomic mass is 35.5. The van der Waals surface area contributed by atoms with Crippen LogP contribution in [-0.4, -0.2) is 18.7 Å². The van der Waals surface area contributed by atoms with Crippen LogP contribution in [0, 0.1) is 0 Å². The number of hydrogen-bond donors (Lipinski definition) is 3. The summed E-state index contributed by atoms with van der Waals surface area (Å²) in [6.07, 6.45) is 0. The van der Waals surface area contributed by atoms with Gasteiger partial charge in [-0.15, -0.1) is 0 Å². The van der Waals surface area contributed by atoms with Crippen LogP contribution in [0.4, 0.5) is 16.2 Å². The predicted molar refractivity (Wildman–Crippen MR) is 94.9 cm³/mol. The van der Waals surface area contributed by atoms with Crippen molar-refractivity contribution in [3.8, 4) is 5.75 Å². The van der Waals surface area contributed by atoms with Crippen LogP contribution in [0.5, 0.6) is 5.75 Å². The van der Waals surface area contributed by atoms with Gasteiger partial charge in [-0.05, 0) is 36.4 Å². The Morgan fingerprint density at radius 2 is 1.75 bits per heavy atom.